The number of halogens is 2. The molecular weight excluding hydrogens is 491 g/mol. The van der Waals surface area contributed by atoms with Crippen LogP contribution in [0.25, 0.3) is 0 Å². The molecule has 0 bridgehead atoms. The highest BCUT2D eigenvalue weighted by molar-refractivity contribution is 6.36. The molecular formula is C26H30Cl2N2O5. The number of carbonyl (C=O) groups excluding carboxylic acids is 2. The van der Waals surface area contributed by atoms with E-state index in [0.717, 1.165) is 12.0 Å². The first-order chi connectivity index (χ1) is 16.5. The van der Waals surface area contributed by atoms with Gasteiger partial charge >= 0.3 is 12.1 Å². The normalized spacial score (nSPS) is 16.6. The summed E-state index contributed by atoms with van der Waals surface area (Å²) in [4.78, 5) is 41.9. The van der Waals surface area contributed by atoms with Crippen molar-refractivity contribution in [2.75, 3.05) is 13.1 Å². The molecule has 0 spiro atoms. The van der Waals surface area contributed by atoms with Crippen LogP contribution in [0.4, 0.5) is 4.79 Å². The van der Waals surface area contributed by atoms with E-state index in [4.69, 9.17) is 27.9 Å². The lowest BCUT2D eigenvalue weighted by Crippen LogP contribution is -2.53. The number of hydrogen-bond acceptors (Lipinski definition) is 4. The number of aliphatic carboxylic acids is 1. The summed E-state index contributed by atoms with van der Waals surface area (Å²) in [5.74, 6) is -1.68. The molecule has 7 nitrogen and oxygen atoms in total. The van der Waals surface area contributed by atoms with E-state index in [2.05, 4.69) is 0 Å². The standard InChI is InChI=1S/C26H30Cl2N2O5/c1-26(2,3)35-25(34)29-13-7-10-19(29)16-30(23(31)20-12-11-18(27)15-21(20)28)22(24(32)33)14-17-8-5-4-6-9-17/h4-6,8-9,11-12,15,19,22H,7,10,13-14,16H2,1-3H3,(H,32,33)/t19-,22+/m1/s1. The second-order valence-corrected chi connectivity index (χ2v) is 10.4. The summed E-state index contributed by atoms with van der Waals surface area (Å²) in [7, 11) is 0. The molecule has 1 aliphatic rings. The van der Waals surface area contributed by atoms with Crippen LogP contribution in [0.3, 0.4) is 0 Å². The number of ether oxygens (including phenoxy) is 1. The zero-order valence-corrected chi connectivity index (χ0v) is 21.6. The first-order valence-electron chi connectivity index (χ1n) is 11.5. The Hall–Kier alpha value is -2.77. The highest BCUT2D eigenvalue weighted by Crippen LogP contribution is 2.27. The van der Waals surface area contributed by atoms with Gasteiger partial charge in [-0.2, -0.15) is 0 Å². The Bertz CT molecular complexity index is 1070. The number of benzene rings is 2. The van der Waals surface area contributed by atoms with Crippen LogP contribution < -0.4 is 0 Å². The van der Waals surface area contributed by atoms with Crippen LogP contribution in [0.2, 0.25) is 10.0 Å². The van der Waals surface area contributed by atoms with Gasteiger partial charge in [-0.3, -0.25) is 4.79 Å². The van der Waals surface area contributed by atoms with Gasteiger partial charge in [-0.25, -0.2) is 9.59 Å². The summed E-state index contributed by atoms with van der Waals surface area (Å²) in [6.45, 7) is 5.86. The molecule has 0 aliphatic carbocycles. The summed E-state index contributed by atoms with van der Waals surface area (Å²) in [5, 5.41) is 10.7. The average Bonchev–Trinajstić information content (AvgIpc) is 3.23. The molecule has 2 amide bonds. The third-order valence-electron chi connectivity index (χ3n) is 5.77. The molecule has 1 fully saturated rings. The molecule has 0 unspecified atom stereocenters. The van der Waals surface area contributed by atoms with Crippen molar-refractivity contribution in [3.05, 3.63) is 69.7 Å². The fourth-order valence-electron chi connectivity index (χ4n) is 4.15. The van der Waals surface area contributed by atoms with Crippen molar-refractivity contribution in [3.63, 3.8) is 0 Å². The third kappa shape index (κ3) is 7.12. The Kier molecular flexibility index (Phi) is 8.67. The van der Waals surface area contributed by atoms with Gasteiger partial charge in [0.25, 0.3) is 5.91 Å². The second kappa shape index (κ2) is 11.3. The molecule has 0 radical (unpaired) electrons. The quantitative estimate of drug-likeness (QED) is 0.518. The highest BCUT2D eigenvalue weighted by atomic mass is 35.5. The lowest BCUT2D eigenvalue weighted by Gasteiger charge is -2.35. The number of nitrogens with zero attached hydrogens (tertiary/aromatic N) is 2. The van der Waals surface area contributed by atoms with Crippen LogP contribution in [0.5, 0.6) is 0 Å². The summed E-state index contributed by atoms with van der Waals surface area (Å²) < 4.78 is 5.55. The maximum Gasteiger partial charge on any atom is 0.410 e. The first-order valence-corrected chi connectivity index (χ1v) is 12.2. The van der Waals surface area contributed by atoms with Gasteiger partial charge in [0.2, 0.25) is 0 Å². The molecule has 0 aromatic heterocycles. The summed E-state index contributed by atoms with van der Waals surface area (Å²) in [6, 6.07) is 12.0. The van der Waals surface area contributed by atoms with E-state index in [0.29, 0.717) is 18.0 Å². The smallest absolute Gasteiger partial charge is 0.410 e. The van der Waals surface area contributed by atoms with E-state index in [1.54, 1.807) is 25.7 Å². The van der Waals surface area contributed by atoms with E-state index in [9.17, 15) is 19.5 Å². The predicted molar refractivity (Wildman–Crippen MR) is 135 cm³/mol. The summed E-state index contributed by atoms with van der Waals surface area (Å²) >= 11 is 12.3. The minimum absolute atomic E-state index is 0.0286. The van der Waals surface area contributed by atoms with Crippen molar-refractivity contribution in [2.45, 2.75) is 57.7 Å². The molecule has 35 heavy (non-hydrogen) atoms. The van der Waals surface area contributed by atoms with E-state index < -0.39 is 35.7 Å². The van der Waals surface area contributed by atoms with Gasteiger partial charge in [-0.05, 0) is 57.4 Å². The number of amides is 2. The lowest BCUT2D eigenvalue weighted by molar-refractivity contribution is -0.142. The third-order valence-corrected chi connectivity index (χ3v) is 6.32. The average molecular weight is 521 g/mol. The molecule has 1 N–H and O–H groups in total. The number of carboxylic acids is 1. The number of rotatable bonds is 7. The van der Waals surface area contributed by atoms with Gasteiger partial charge in [-0.15, -0.1) is 0 Å². The van der Waals surface area contributed by atoms with Crippen molar-refractivity contribution in [1.82, 2.24) is 9.80 Å². The molecule has 0 saturated carbocycles. The number of carboxylic acid groups (broad SMARTS) is 1. The predicted octanol–water partition coefficient (Wildman–Crippen LogP) is 5.53. The van der Waals surface area contributed by atoms with E-state index in [1.165, 1.54) is 23.1 Å². The molecule has 3 rings (SSSR count). The number of carbonyl (C=O) groups is 3. The van der Waals surface area contributed by atoms with Gasteiger partial charge in [0, 0.05) is 24.5 Å². The van der Waals surface area contributed by atoms with Gasteiger partial charge in [0.15, 0.2) is 0 Å². The molecule has 188 valence electrons. The first kappa shape index (κ1) is 26.8. The van der Waals surface area contributed by atoms with E-state index in [1.807, 2.05) is 30.3 Å². The fourth-order valence-corrected chi connectivity index (χ4v) is 4.64. The Labute approximate surface area is 215 Å². The lowest BCUT2D eigenvalue weighted by atomic mass is 10.0. The Morgan fingerprint density at radius 2 is 1.83 bits per heavy atom. The maximum atomic E-state index is 13.7. The van der Waals surface area contributed by atoms with Crippen molar-refractivity contribution in [2.24, 2.45) is 0 Å². The van der Waals surface area contributed by atoms with E-state index >= 15 is 0 Å². The number of hydrogen-bond donors (Lipinski definition) is 1. The van der Waals surface area contributed by atoms with Crippen LogP contribution >= 0.6 is 23.2 Å². The van der Waals surface area contributed by atoms with Crippen LogP contribution in [0.1, 0.15) is 49.5 Å². The van der Waals surface area contributed by atoms with Crippen molar-refractivity contribution in [3.8, 4) is 0 Å². The zero-order chi connectivity index (χ0) is 25.8. The zero-order valence-electron chi connectivity index (χ0n) is 20.0. The van der Waals surface area contributed by atoms with Crippen molar-refractivity contribution in [1.29, 1.82) is 0 Å². The van der Waals surface area contributed by atoms with Crippen LogP contribution in [0, 0.1) is 0 Å². The van der Waals surface area contributed by atoms with E-state index in [-0.39, 0.29) is 23.6 Å². The molecule has 1 heterocycles. The second-order valence-electron chi connectivity index (χ2n) is 9.60. The molecule has 2 aromatic rings. The van der Waals surface area contributed by atoms with Gasteiger partial charge < -0.3 is 19.6 Å². The summed E-state index contributed by atoms with van der Waals surface area (Å²) in [6.07, 6.45) is 0.970. The number of likely N-dealkylation sites (tertiary alicyclic amines) is 1. The molecule has 1 aliphatic heterocycles. The van der Waals surface area contributed by atoms with Gasteiger partial charge in [0.1, 0.15) is 11.6 Å². The summed E-state index contributed by atoms with van der Waals surface area (Å²) in [5.41, 5.74) is 0.250. The van der Waals surface area contributed by atoms with Crippen LogP contribution in [0.15, 0.2) is 48.5 Å². The Morgan fingerprint density at radius 3 is 2.43 bits per heavy atom. The maximum absolute atomic E-state index is 13.7. The molecule has 2 atom stereocenters. The van der Waals surface area contributed by atoms with Crippen molar-refractivity contribution < 1.29 is 24.2 Å². The topological polar surface area (TPSA) is 87.2 Å². The Balaban J connectivity index is 1.95. The molecule has 2 aromatic carbocycles. The largest absolute Gasteiger partial charge is 0.480 e. The molecule has 1 saturated heterocycles. The molecule has 9 heteroatoms. The Morgan fingerprint density at radius 1 is 1.14 bits per heavy atom. The fraction of sp³-hybridized carbons (Fsp3) is 0.423. The minimum atomic E-state index is -1.17. The monoisotopic (exact) mass is 520 g/mol. The minimum Gasteiger partial charge on any atom is -0.480 e. The van der Waals surface area contributed by atoms with Crippen molar-refractivity contribution >= 4 is 41.2 Å². The SMILES string of the molecule is CC(C)(C)OC(=O)N1CCC[C@@H]1CN(C(=O)c1ccc(Cl)cc1Cl)[C@@H](Cc1ccccc1)C(=O)O. The highest BCUT2D eigenvalue weighted by Gasteiger charge is 2.38. The van der Waals surface area contributed by atoms with Crippen LogP contribution in [-0.4, -0.2) is 63.7 Å². The van der Waals surface area contributed by atoms with Gasteiger partial charge in [-0.1, -0.05) is 53.5 Å². The van der Waals surface area contributed by atoms with Crippen LogP contribution in [-0.2, 0) is 16.0 Å². The van der Waals surface area contributed by atoms with Gasteiger partial charge in [0.05, 0.1) is 16.6 Å².